The number of aryl methyl sites for hydroxylation is 2. The molecule has 0 fully saturated rings. The number of carbonyl (C=O) groups excluding carboxylic acids is 1. The average Bonchev–Trinajstić information content (AvgIpc) is 3.25. The van der Waals surface area contributed by atoms with Gasteiger partial charge in [-0.05, 0) is 65.9 Å². The molecule has 0 aliphatic heterocycles. The van der Waals surface area contributed by atoms with Gasteiger partial charge < -0.3 is 4.57 Å². The fourth-order valence-electron chi connectivity index (χ4n) is 4.33. The molecule has 3 aromatic carbocycles. The third-order valence-electron chi connectivity index (χ3n) is 6.46. The number of nitrogens with zero attached hydrogens (tertiary/aromatic N) is 3. The van der Waals surface area contributed by atoms with Gasteiger partial charge in [0.2, 0.25) is 0 Å². The van der Waals surface area contributed by atoms with E-state index in [9.17, 15) is 13.2 Å². The highest BCUT2D eigenvalue weighted by Crippen LogP contribution is 2.28. The van der Waals surface area contributed by atoms with Crippen LogP contribution in [0.1, 0.15) is 33.0 Å². The predicted octanol–water partition coefficient (Wildman–Crippen LogP) is 6.18. The normalized spacial score (nSPS) is 11.5. The number of aromatic nitrogens is 3. The summed E-state index contributed by atoms with van der Waals surface area (Å²) in [6.45, 7) is 7.69. The monoisotopic (exact) mass is 556 g/mol. The molecular formula is C30H25ClN4O3S. The first kappa shape index (κ1) is 26.3. The Hall–Kier alpha value is -4.27. The number of pyridine rings is 1. The van der Waals surface area contributed by atoms with Crippen molar-refractivity contribution < 1.29 is 13.2 Å². The quantitative estimate of drug-likeness (QED) is 0.258. The van der Waals surface area contributed by atoms with E-state index in [1.807, 2.05) is 66.9 Å². The van der Waals surface area contributed by atoms with Crippen molar-refractivity contribution in [3.05, 3.63) is 119 Å². The molecule has 0 radical (unpaired) electrons. The Bertz CT molecular complexity index is 1830. The second-order valence-electron chi connectivity index (χ2n) is 9.12. The van der Waals surface area contributed by atoms with Crippen LogP contribution in [0.5, 0.6) is 0 Å². The van der Waals surface area contributed by atoms with Crippen molar-refractivity contribution in [1.29, 1.82) is 0 Å². The Morgan fingerprint density at radius 2 is 1.69 bits per heavy atom. The Kier molecular flexibility index (Phi) is 7.08. The number of imidazole rings is 1. The number of benzene rings is 3. The fraction of sp³-hybridized carbons (Fsp3) is 0.100. The standard InChI is InChI=1S/C30H25ClN4O3S/c1-4-21-10-14-25(15-11-21)39(37,38)34-30(36)27-16-19(2)28-29(33-27)35(20(3)32-28)18-24-13-12-23(17-26(24)31)22-8-6-5-7-9-22/h4-17H,1,18H2,2-3H3,(H,34,36). The first-order chi connectivity index (χ1) is 18.7. The number of halogens is 1. The van der Waals surface area contributed by atoms with E-state index in [2.05, 4.69) is 21.3 Å². The third-order valence-corrected chi connectivity index (χ3v) is 8.16. The molecule has 0 unspecified atom stereocenters. The molecule has 0 spiro atoms. The van der Waals surface area contributed by atoms with E-state index in [4.69, 9.17) is 11.6 Å². The molecule has 196 valence electrons. The van der Waals surface area contributed by atoms with Crippen LogP contribution < -0.4 is 4.72 Å². The van der Waals surface area contributed by atoms with Crippen molar-refractivity contribution in [2.24, 2.45) is 0 Å². The van der Waals surface area contributed by atoms with Gasteiger partial charge in [-0.1, -0.05) is 78.9 Å². The second kappa shape index (κ2) is 10.5. The van der Waals surface area contributed by atoms with Gasteiger partial charge in [0, 0.05) is 5.02 Å². The number of hydrogen-bond donors (Lipinski definition) is 1. The molecule has 7 nitrogen and oxygen atoms in total. The van der Waals surface area contributed by atoms with Gasteiger partial charge in [0.05, 0.1) is 11.4 Å². The highest BCUT2D eigenvalue weighted by atomic mass is 35.5. The Labute approximate surface area is 231 Å². The van der Waals surface area contributed by atoms with Crippen molar-refractivity contribution in [3.8, 4) is 11.1 Å². The van der Waals surface area contributed by atoms with Crippen molar-refractivity contribution in [2.75, 3.05) is 0 Å². The van der Waals surface area contributed by atoms with Crippen LogP contribution >= 0.6 is 11.6 Å². The van der Waals surface area contributed by atoms with E-state index in [1.54, 1.807) is 18.2 Å². The smallest absolute Gasteiger partial charge is 0.283 e. The molecule has 0 aliphatic carbocycles. The van der Waals surface area contributed by atoms with Gasteiger partial charge in [-0.3, -0.25) is 4.79 Å². The number of nitrogens with one attached hydrogen (secondary N) is 1. The summed E-state index contributed by atoms with van der Waals surface area (Å²) >= 11 is 6.67. The summed E-state index contributed by atoms with van der Waals surface area (Å²) in [5, 5.41) is 0.594. The molecule has 39 heavy (non-hydrogen) atoms. The second-order valence-corrected chi connectivity index (χ2v) is 11.2. The van der Waals surface area contributed by atoms with E-state index < -0.39 is 15.9 Å². The number of amides is 1. The Morgan fingerprint density at radius 3 is 2.36 bits per heavy atom. The molecule has 0 aliphatic rings. The van der Waals surface area contributed by atoms with E-state index in [0.29, 0.717) is 34.1 Å². The maximum Gasteiger partial charge on any atom is 0.283 e. The molecule has 2 aromatic heterocycles. The van der Waals surface area contributed by atoms with Crippen molar-refractivity contribution in [2.45, 2.75) is 25.3 Å². The van der Waals surface area contributed by atoms with Gasteiger partial charge >= 0.3 is 0 Å². The minimum atomic E-state index is -4.10. The summed E-state index contributed by atoms with van der Waals surface area (Å²) in [5.41, 5.74) is 5.46. The van der Waals surface area contributed by atoms with Gasteiger partial charge in [-0.25, -0.2) is 23.1 Å². The minimum Gasteiger partial charge on any atom is -0.308 e. The van der Waals surface area contributed by atoms with Crippen LogP contribution in [0.4, 0.5) is 0 Å². The van der Waals surface area contributed by atoms with Crippen LogP contribution in [0.25, 0.3) is 28.4 Å². The first-order valence-corrected chi connectivity index (χ1v) is 14.0. The van der Waals surface area contributed by atoms with Crippen LogP contribution in [-0.4, -0.2) is 28.9 Å². The number of hydrogen-bond acceptors (Lipinski definition) is 5. The molecule has 5 aromatic rings. The molecule has 0 saturated carbocycles. The van der Waals surface area contributed by atoms with Gasteiger partial charge in [-0.2, -0.15) is 0 Å². The molecule has 0 saturated heterocycles. The zero-order valence-corrected chi connectivity index (χ0v) is 22.9. The molecule has 5 rings (SSSR count). The molecule has 0 atom stereocenters. The van der Waals surface area contributed by atoms with E-state index >= 15 is 0 Å². The zero-order chi connectivity index (χ0) is 27.7. The van der Waals surface area contributed by atoms with E-state index in [-0.39, 0.29) is 10.6 Å². The number of fused-ring (bicyclic) bond motifs is 1. The largest absolute Gasteiger partial charge is 0.308 e. The van der Waals surface area contributed by atoms with E-state index in [0.717, 1.165) is 22.3 Å². The van der Waals surface area contributed by atoms with Crippen LogP contribution in [0.3, 0.4) is 0 Å². The van der Waals surface area contributed by atoms with Gasteiger partial charge in [0.15, 0.2) is 5.65 Å². The number of sulfonamides is 1. The minimum absolute atomic E-state index is 0.0297. The summed E-state index contributed by atoms with van der Waals surface area (Å²) in [7, 11) is -4.10. The predicted molar refractivity (Wildman–Crippen MR) is 154 cm³/mol. The SMILES string of the molecule is C=Cc1ccc(S(=O)(=O)NC(=O)c2cc(C)c3nc(C)n(Cc4ccc(-c5ccccc5)cc4Cl)c3n2)cc1. The third kappa shape index (κ3) is 5.34. The lowest BCUT2D eigenvalue weighted by molar-refractivity contribution is 0.0976. The van der Waals surface area contributed by atoms with Crippen LogP contribution in [0.2, 0.25) is 5.02 Å². The number of rotatable bonds is 7. The topological polar surface area (TPSA) is 94.0 Å². The molecule has 1 amide bonds. The highest BCUT2D eigenvalue weighted by Gasteiger charge is 2.22. The average molecular weight is 557 g/mol. The molecule has 1 N–H and O–H groups in total. The highest BCUT2D eigenvalue weighted by molar-refractivity contribution is 7.90. The maximum atomic E-state index is 13.0. The first-order valence-electron chi connectivity index (χ1n) is 12.1. The lowest BCUT2D eigenvalue weighted by atomic mass is 10.0. The van der Waals surface area contributed by atoms with Crippen molar-refractivity contribution in [3.63, 3.8) is 0 Å². The maximum absolute atomic E-state index is 13.0. The summed E-state index contributed by atoms with van der Waals surface area (Å²) in [6, 6.07) is 23.4. The summed E-state index contributed by atoms with van der Waals surface area (Å²) in [6.07, 6.45) is 1.60. The zero-order valence-electron chi connectivity index (χ0n) is 21.3. The van der Waals surface area contributed by atoms with Crippen LogP contribution in [0, 0.1) is 13.8 Å². The molecule has 9 heteroatoms. The summed E-state index contributed by atoms with van der Waals surface area (Å²) in [5.74, 6) is -0.139. The lowest BCUT2D eigenvalue weighted by Gasteiger charge is -2.11. The molecule has 0 bridgehead atoms. The van der Waals surface area contributed by atoms with Crippen LogP contribution in [0.15, 0.2) is 90.3 Å². The fourth-order valence-corrected chi connectivity index (χ4v) is 5.53. The summed E-state index contributed by atoms with van der Waals surface area (Å²) < 4.78 is 29.6. The lowest BCUT2D eigenvalue weighted by Crippen LogP contribution is -2.31. The molecular weight excluding hydrogens is 532 g/mol. The Balaban J connectivity index is 1.46. The summed E-state index contributed by atoms with van der Waals surface area (Å²) in [4.78, 5) is 22.2. The van der Waals surface area contributed by atoms with E-state index in [1.165, 1.54) is 18.2 Å². The molecule has 2 heterocycles. The van der Waals surface area contributed by atoms with Crippen LogP contribution in [-0.2, 0) is 16.6 Å². The van der Waals surface area contributed by atoms with Gasteiger partial charge in [-0.15, -0.1) is 0 Å². The van der Waals surface area contributed by atoms with Crippen molar-refractivity contribution in [1.82, 2.24) is 19.3 Å². The van der Waals surface area contributed by atoms with Crippen molar-refractivity contribution >= 4 is 44.8 Å². The Morgan fingerprint density at radius 1 is 0.974 bits per heavy atom. The van der Waals surface area contributed by atoms with Gasteiger partial charge in [0.1, 0.15) is 17.0 Å². The number of carbonyl (C=O) groups is 1. The van der Waals surface area contributed by atoms with Gasteiger partial charge in [0.25, 0.3) is 15.9 Å².